The molecule has 0 fully saturated rings. The first-order valence-electron chi connectivity index (χ1n) is 12.5. The zero-order valence-electron chi connectivity index (χ0n) is 22.3. The number of halogens is 7. The van der Waals surface area contributed by atoms with Crippen molar-refractivity contribution in [2.75, 3.05) is 7.05 Å². The minimum absolute atomic E-state index is 0.154. The molecule has 0 bridgehead atoms. The Balaban J connectivity index is 0.000000714. The Labute approximate surface area is 258 Å². The molecular weight excluding hydrogens is 684 g/mol. The van der Waals surface area contributed by atoms with Crippen LogP contribution in [-0.2, 0) is 10.2 Å². The van der Waals surface area contributed by atoms with Gasteiger partial charge in [0.25, 0.3) is 0 Å². The second-order valence-electron chi connectivity index (χ2n) is 9.88. The van der Waals surface area contributed by atoms with E-state index in [0.29, 0.717) is 0 Å². The van der Waals surface area contributed by atoms with Gasteiger partial charge in [0.2, 0.25) is 5.69 Å². The Bertz CT molecular complexity index is 1600. The third-order valence-corrected chi connectivity index (χ3v) is 7.92. The molecule has 0 radical (unpaired) electrons. The van der Waals surface area contributed by atoms with E-state index in [4.69, 9.17) is 16.3 Å². The maximum Gasteiger partial charge on any atom is 0.673 e. The predicted molar refractivity (Wildman–Crippen MR) is 168 cm³/mol. The fraction of sp³-hybridized carbons (Fsp3) is 0.129. The first-order valence-corrected chi connectivity index (χ1v) is 14.5. The van der Waals surface area contributed by atoms with Crippen LogP contribution in [0.25, 0.3) is 11.3 Å². The number of hydrogen-bond acceptors (Lipinski definition) is 1. The van der Waals surface area contributed by atoms with Gasteiger partial charge in [-0.3, -0.25) is 0 Å². The summed E-state index contributed by atoms with van der Waals surface area (Å²) in [6, 6.07) is 22.6. The van der Waals surface area contributed by atoms with Crippen molar-refractivity contribution in [1.29, 1.82) is 0 Å². The zero-order chi connectivity index (χ0) is 29.9. The molecule has 0 N–H and O–H groups in total. The number of nitrogens with zero attached hydrogens (tertiary/aromatic N) is 1. The van der Waals surface area contributed by atoms with Gasteiger partial charge in [0, 0.05) is 37.2 Å². The van der Waals surface area contributed by atoms with E-state index in [9.17, 15) is 17.3 Å². The van der Waals surface area contributed by atoms with E-state index >= 15 is 0 Å². The van der Waals surface area contributed by atoms with Gasteiger partial charge in [-0.1, -0.05) is 73.8 Å². The molecule has 41 heavy (non-hydrogen) atoms. The largest absolute Gasteiger partial charge is 0.673 e. The second-order valence-corrected chi connectivity index (χ2v) is 12.1. The van der Waals surface area contributed by atoms with Crippen molar-refractivity contribution in [3.63, 3.8) is 0 Å². The molecule has 0 amide bonds. The van der Waals surface area contributed by atoms with Crippen LogP contribution >= 0.6 is 43.5 Å². The Morgan fingerprint density at radius 3 is 2.00 bits per heavy atom. The fourth-order valence-corrected chi connectivity index (χ4v) is 5.41. The molecule has 2 heterocycles. The van der Waals surface area contributed by atoms with Gasteiger partial charge < -0.3 is 22.0 Å². The first-order chi connectivity index (χ1) is 19.2. The fourth-order valence-electron chi connectivity index (χ4n) is 4.71. The predicted octanol–water partition coefficient (Wildman–Crippen LogP) is 10.8. The molecule has 2 aliphatic heterocycles. The smallest absolute Gasteiger partial charge is 0.457 e. The van der Waals surface area contributed by atoms with Gasteiger partial charge in [0.15, 0.2) is 5.71 Å². The van der Waals surface area contributed by atoms with Crippen molar-refractivity contribution in [2.24, 2.45) is 0 Å². The molecule has 212 valence electrons. The highest BCUT2D eigenvalue weighted by Gasteiger charge is 2.42. The number of hydrogen-bond donors (Lipinski definition) is 0. The van der Waals surface area contributed by atoms with E-state index in [1.165, 1.54) is 17.0 Å². The van der Waals surface area contributed by atoms with Crippen molar-refractivity contribution in [2.45, 2.75) is 19.3 Å². The minimum Gasteiger partial charge on any atom is -0.457 e. The molecule has 5 rings (SSSR count). The molecule has 2 aliphatic rings. The van der Waals surface area contributed by atoms with Crippen LogP contribution in [0.1, 0.15) is 30.5 Å². The summed E-state index contributed by atoms with van der Waals surface area (Å²) in [5, 5.41) is 0.760. The molecule has 0 atom stereocenters. The van der Waals surface area contributed by atoms with Crippen LogP contribution in [0.2, 0.25) is 5.02 Å². The molecule has 0 aromatic heterocycles. The SMILES string of the molecule is C[N+]1=C(C=CC=C2C=C(c3ccc(Br)cc3)C=C(c3ccc(Br)cc3)O2)C(C)(C)c2cc(Cl)ccc21.F[B-](F)(F)F. The number of fused-ring (bicyclic) bond motifs is 1. The van der Waals surface area contributed by atoms with Gasteiger partial charge in [-0.15, -0.1) is 0 Å². The van der Waals surface area contributed by atoms with Crippen LogP contribution in [-0.4, -0.2) is 24.6 Å². The highest BCUT2D eigenvalue weighted by molar-refractivity contribution is 9.10. The summed E-state index contributed by atoms with van der Waals surface area (Å²) in [7, 11) is -3.90. The van der Waals surface area contributed by atoms with Crippen LogP contribution in [0.3, 0.4) is 0 Å². The molecule has 0 saturated heterocycles. The van der Waals surface area contributed by atoms with E-state index in [1.807, 2.05) is 24.3 Å². The second kappa shape index (κ2) is 12.6. The molecule has 3 aromatic carbocycles. The molecule has 0 saturated carbocycles. The van der Waals surface area contributed by atoms with E-state index in [1.54, 1.807) is 0 Å². The van der Waals surface area contributed by atoms with Gasteiger partial charge in [-0.25, -0.2) is 0 Å². The zero-order valence-corrected chi connectivity index (χ0v) is 26.2. The Morgan fingerprint density at radius 1 is 0.854 bits per heavy atom. The summed E-state index contributed by atoms with van der Waals surface area (Å²) in [6.45, 7) is 4.46. The van der Waals surface area contributed by atoms with Crippen molar-refractivity contribution in [1.82, 2.24) is 0 Å². The van der Waals surface area contributed by atoms with Gasteiger partial charge in [0.1, 0.15) is 18.6 Å². The maximum absolute atomic E-state index is 9.75. The standard InChI is InChI=1S/C31H25Br2ClNO.BF4/c1-31(2)27-19-25(34)15-16-28(27)35(3)30(31)6-4-5-26-17-22(20-7-11-23(32)12-8-20)18-29(36-26)21-9-13-24(33)14-10-21;2-1(3,4)5/h4-19H,1-3H3;/q+1;-1. The van der Waals surface area contributed by atoms with Gasteiger partial charge in [-0.05, 0) is 79.6 Å². The lowest BCUT2D eigenvalue weighted by Gasteiger charge is -2.18. The number of rotatable bonds is 4. The number of benzene rings is 3. The average molecular weight is 710 g/mol. The third kappa shape index (κ3) is 7.90. The molecular formula is C31H25BBr2ClF4NO. The van der Waals surface area contributed by atoms with Crippen LogP contribution in [0.15, 0.2) is 112 Å². The van der Waals surface area contributed by atoms with Gasteiger partial charge >= 0.3 is 7.25 Å². The highest BCUT2D eigenvalue weighted by Crippen LogP contribution is 2.40. The Hall–Kier alpha value is -2.88. The lowest BCUT2D eigenvalue weighted by molar-refractivity contribution is -0.401. The monoisotopic (exact) mass is 707 g/mol. The van der Waals surface area contributed by atoms with Crippen LogP contribution in [0.4, 0.5) is 23.0 Å². The number of ether oxygens (including phenoxy) is 1. The molecule has 2 nitrogen and oxygen atoms in total. The van der Waals surface area contributed by atoms with Crippen LogP contribution < -0.4 is 0 Å². The summed E-state index contributed by atoms with van der Waals surface area (Å²) >= 11 is 13.4. The lowest BCUT2D eigenvalue weighted by atomic mass is 9.81. The molecule has 3 aromatic rings. The van der Waals surface area contributed by atoms with Crippen molar-refractivity contribution < 1.29 is 26.6 Å². The summed E-state index contributed by atoms with van der Waals surface area (Å²) in [5.74, 6) is 1.60. The minimum atomic E-state index is -6.00. The Morgan fingerprint density at radius 2 is 1.41 bits per heavy atom. The van der Waals surface area contributed by atoms with E-state index in [0.717, 1.165) is 42.2 Å². The normalized spacial score (nSPS) is 17.1. The van der Waals surface area contributed by atoms with Crippen LogP contribution in [0, 0.1) is 0 Å². The van der Waals surface area contributed by atoms with Crippen molar-refractivity contribution in [3.05, 3.63) is 134 Å². The lowest BCUT2D eigenvalue weighted by Crippen LogP contribution is -2.26. The summed E-state index contributed by atoms with van der Waals surface area (Å²) in [6.07, 6.45) is 10.4. The molecule has 0 unspecified atom stereocenters. The molecule has 10 heteroatoms. The van der Waals surface area contributed by atoms with Gasteiger partial charge in [-0.2, -0.15) is 4.58 Å². The van der Waals surface area contributed by atoms with Crippen molar-refractivity contribution in [3.8, 4) is 0 Å². The first kappa shape index (κ1) is 31.1. The quantitative estimate of drug-likeness (QED) is 0.149. The molecule has 0 aliphatic carbocycles. The Kier molecular flexibility index (Phi) is 9.51. The summed E-state index contributed by atoms with van der Waals surface area (Å²) in [4.78, 5) is 0. The molecule has 0 spiro atoms. The topological polar surface area (TPSA) is 12.2 Å². The van der Waals surface area contributed by atoms with Gasteiger partial charge in [0.05, 0.1) is 5.41 Å². The third-order valence-electron chi connectivity index (χ3n) is 6.63. The summed E-state index contributed by atoms with van der Waals surface area (Å²) in [5.41, 5.74) is 6.71. The maximum atomic E-state index is 9.75. The van der Waals surface area contributed by atoms with E-state index < -0.39 is 7.25 Å². The highest BCUT2D eigenvalue weighted by atomic mass is 79.9. The van der Waals surface area contributed by atoms with E-state index in [-0.39, 0.29) is 5.41 Å². The summed E-state index contributed by atoms with van der Waals surface area (Å²) < 4.78 is 49.7. The van der Waals surface area contributed by atoms with Crippen molar-refractivity contribution >= 4 is 73.4 Å². The van der Waals surface area contributed by atoms with E-state index in [2.05, 4.69) is 130 Å². The van der Waals surface area contributed by atoms with Crippen LogP contribution in [0.5, 0.6) is 0 Å². The number of allylic oxidation sites excluding steroid dienone is 6. The average Bonchev–Trinajstić information content (AvgIpc) is 3.08.